The van der Waals surface area contributed by atoms with Crippen LogP contribution in [-0.4, -0.2) is 11.8 Å². The molecule has 1 heterocycles. The maximum atomic E-state index is 13.1. The van der Waals surface area contributed by atoms with Crippen LogP contribution in [0.3, 0.4) is 0 Å². The van der Waals surface area contributed by atoms with Gasteiger partial charge in [0.25, 0.3) is 0 Å². The molecule has 1 aliphatic rings. The standard InChI is InChI=1S/C12H9FN2O2/c1-7-4-11(16)15(12(7)17)9-2-3-10(13)8(5-9)6-14/h2-3,5,7H,4H2,1H3. The lowest BCUT2D eigenvalue weighted by Crippen LogP contribution is -2.30. The van der Waals surface area contributed by atoms with Crippen molar-refractivity contribution in [3.8, 4) is 6.07 Å². The molecule has 5 heteroatoms. The average Bonchev–Trinajstić information content (AvgIpc) is 2.55. The molecule has 2 rings (SSSR count). The fourth-order valence-corrected chi connectivity index (χ4v) is 1.79. The summed E-state index contributed by atoms with van der Waals surface area (Å²) in [5, 5.41) is 8.69. The second kappa shape index (κ2) is 3.98. The van der Waals surface area contributed by atoms with Crippen molar-refractivity contribution in [1.29, 1.82) is 5.26 Å². The van der Waals surface area contributed by atoms with Gasteiger partial charge in [-0.05, 0) is 18.2 Å². The van der Waals surface area contributed by atoms with E-state index in [1.807, 2.05) is 0 Å². The van der Waals surface area contributed by atoms with E-state index in [2.05, 4.69) is 0 Å². The summed E-state index contributed by atoms with van der Waals surface area (Å²) in [4.78, 5) is 24.3. The number of hydrogen-bond acceptors (Lipinski definition) is 3. The SMILES string of the molecule is CC1CC(=O)N(c2ccc(F)c(C#N)c2)C1=O. The largest absolute Gasteiger partial charge is 0.274 e. The molecule has 0 N–H and O–H groups in total. The monoisotopic (exact) mass is 232 g/mol. The van der Waals surface area contributed by atoms with Crippen LogP contribution in [0.15, 0.2) is 18.2 Å². The molecule has 17 heavy (non-hydrogen) atoms. The van der Waals surface area contributed by atoms with Crippen molar-refractivity contribution in [3.63, 3.8) is 0 Å². The number of nitrogens with zero attached hydrogens (tertiary/aromatic N) is 2. The molecule has 0 spiro atoms. The summed E-state index contributed by atoms with van der Waals surface area (Å²) in [7, 11) is 0. The molecular weight excluding hydrogens is 223 g/mol. The van der Waals surface area contributed by atoms with Gasteiger partial charge in [0.15, 0.2) is 0 Å². The Morgan fingerprint density at radius 1 is 1.47 bits per heavy atom. The maximum absolute atomic E-state index is 13.1. The second-order valence-electron chi connectivity index (χ2n) is 3.95. The van der Waals surface area contributed by atoms with Gasteiger partial charge in [-0.3, -0.25) is 14.5 Å². The molecule has 0 saturated carbocycles. The molecule has 0 radical (unpaired) electrons. The van der Waals surface area contributed by atoms with Crippen LogP contribution in [0, 0.1) is 23.1 Å². The van der Waals surface area contributed by atoms with Crippen LogP contribution in [0.25, 0.3) is 0 Å². The van der Waals surface area contributed by atoms with Gasteiger partial charge in [0.05, 0.1) is 11.3 Å². The summed E-state index contributed by atoms with van der Waals surface area (Å²) in [5.74, 6) is -1.66. The van der Waals surface area contributed by atoms with Crippen molar-refractivity contribution in [2.75, 3.05) is 4.90 Å². The molecule has 0 bridgehead atoms. The number of anilines is 1. The van der Waals surface area contributed by atoms with Crippen LogP contribution in [0.1, 0.15) is 18.9 Å². The van der Waals surface area contributed by atoms with Gasteiger partial charge >= 0.3 is 0 Å². The fraction of sp³-hybridized carbons (Fsp3) is 0.250. The van der Waals surface area contributed by atoms with E-state index in [0.29, 0.717) is 0 Å². The third kappa shape index (κ3) is 1.78. The summed E-state index contributed by atoms with van der Waals surface area (Å²) in [6, 6.07) is 5.29. The van der Waals surface area contributed by atoms with E-state index >= 15 is 0 Å². The predicted molar refractivity (Wildman–Crippen MR) is 57.4 cm³/mol. The topological polar surface area (TPSA) is 61.2 Å². The van der Waals surface area contributed by atoms with E-state index in [1.165, 1.54) is 12.1 Å². The minimum Gasteiger partial charge on any atom is -0.274 e. The van der Waals surface area contributed by atoms with Crippen LogP contribution in [0.4, 0.5) is 10.1 Å². The number of nitriles is 1. The average molecular weight is 232 g/mol. The first-order valence-corrected chi connectivity index (χ1v) is 5.11. The van der Waals surface area contributed by atoms with E-state index in [4.69, 9.17) is 5.26 Å². The number of halogens is 1. The van der Waals surface area contributed by atoms with Crippen molar-refractivity contribution in [2.45, 2.75) is 13.3 Å². The van der Waals surface area contributed by atoms with Crippen LogP contribution < -0.4 is 4.90 Å². The van der Waals surface area contributed by atoms with Crippen molar-refractivity contribution in [1.82, 2.24) is 0 Å². The minimum absolute atomic E-state index is 0.151. The molecule has 4 nitrogen and oxygen atoms in total. The van der Waals surface area contributed by atoms with Crippen molar-refractivity contribution >= 4 is 17.5 Å². The van der Waals surface area contributed by atoms with Gasteiger partial charge in [-0.15, -0.1) is 0 Å². The molecule has 1 aromatic carbocycles. The molecule has 1 aliphatic heterocycles. The highest BCUT2D eigenvalue weighted by atomic mass is 19.1. The molecular formula is C12H9FN2O2. The zero-order chi connectivity index (χ0) is 12.6. The quantitative estimate of drug-likeness (QED) is 0.691. The van der Waals surface area contributed by atoms with Crippen LogP contribution in [0.2, 0.25) is 0 Å². The number of carbonyl (C=O) groups is 2. The van der Waals surface area contributed by atoms with E-state index in [0.717, 1.165) is 11.0 Å². The Bertz CT molecular complexity index is 548. The summed E-state index contributed by atoms with van der Waals surface area (Å²) in [5.41, 5.74) is 0.0740. The second-order valence-corrected chi connectivity index (χ2v) is 3.95. The predicted octanol–water partition coefficient (Wildman–Crippen LogP) is 1.60. The van der Waals surface area contributed by atoms with E-state index in [-0.39, 0.29) is 35.4 Å². The number of imide groups is 1. The number of amides is 2. The summed E-state index contributed by atoms with van der Waals surface area (Å²) in [6.07, 6.45) is 0.151. The third-order valence-corrected chi connectivity index (χ3v) is 2.70. The summed E-state index contributed by atoms with van der Waals surface area (Å²) >= 11 is 0. The maximum Gasteiger partial charge on any atom is 0.237 e. The first-order chi connectivity index (χ1) is 8.04. The van der Waals surface area contributed by atoms with Crippen molar-refractivity contribution in [2.24, 2.45) is 5.92 Å². The fourth-order valence-electron chi connectivity index (χ4n) is 1.79. The third-order valence-electron chi connectivity index (χ3n) is 2.70. The highest BCUT2D eigenvalue weighted by molar-refractivity contribution is 6.20. The Morgan fingerprint density at radius 2 is 2.18 bits per heavy atom. The Morgan fingerprint density at radius 3 is 2.71 bits per heavy atom. The smallest absolute Gasteiger partial charge is 0.237 e. The lowest BCUT2D eigenvalue weighted by atomic mass is 10.1. The summed E-state index contributed by atoms with van der Waals surface area (Å²) < 4.78 is 13.1. The van der Waals surface area contributed by atoms with Gasteiger partial charge in [0.2, 0.25) is 11.8 Å². The summed E-state index contributed by atoms with van der Waals surface area (Å²) in [6.45, 7) is 1.66. The van der Waals surface area contributed by atoms with Gasteiger partial charge in [0.1, 0.15) is 11.9 Å². The highest BCUT2D eigenvalue weighted by Crippen LogP contribution is 2.27. The van der Waals surface area contributed by atoms with Crippen molar-refractivity contribution < 1.29 is 14.0 Å². The lowest BCUT2D eigenvalue weighted by Gasteiger charge is -2.14. The van der Waals surface area contributed by atoms with Crippen LogP contribution in [-0.2, 0) is 9.59 Å². The van der Waals surface area contributed by atoms with Crippen molar-refractivity contribution in [3.05, 3.63) is 29.6 Å². The van der Waals surface area contributed by atoms with Gasteiger partial charge in [-0.2, -0.15) is 5.26 Å². The van der Waals surface area contributed by atoms with Gasteiger partial charge in [-0.1, -0.05) is 6.92 Å². The molecule has 2 amide bonds. The van der Waals surface area contributed by atoms with Gasteiger partial charge < -0.3 is 0 Å². The Hall–Kier alpha value is -2.22. The molecule has 1 atom stereocenters. The lowest BCUT2D eigenvalue weighted by molar-refractivity contribution is -0.122. The normalized spacial score (nSPS) is 19.6. The molecule has 1 unspecified atom stereocenters. The zero-order valence-corrected chi connectivity index (χ0v) is 9.11. The Kier molecular flexibility index (Phi) is 2.64. The Labute approximate surface area is 97.3 Å². The highest BCUT2D eigenvalue weighted by Gasteiger charge is 2.36. The molecule has 0 aromatic heterocycles. The van der Waals surface area contributed by atoms with Crippen LogP contribution in [0.5, 0.6) is 0 Å². The molecule has 1 saturated heterocycles. The first-order valence-electron chi connectivity index (χ1n) is 5.11. The minimum atomic E-state index is -0.664. The molecule has 1 fully saturated rings. The van der Waals surface area contributed by atoms with Gasteiger partial charge in [0, 0.05) is 12.3 Å². The molecule has 0 aliphatic carbocycles. The number of benzene rings is 1. The number of hydrogen-bond donors (Lipinski definition) is 0. The first kappa shape index (κ1) is 11.3. The van der Waals surface area contributed by atoms with E-state index in [9.17, 15) is 14.0 Å². The van der Waals surface area contributed by atoms with Gasteiger partial charge in [-0.25, -0.2) is 4.39 Å². The molecule has 86 valence electrons. The van der Waals surface area contributed by atoms with E-state index < -0.39 is 5.82 Å². The molecule has 1 aromatic rings. The van der Waals surface area contributed by atoms with Crippen LogP contribution >= 0.6 is 0 Å². The number of rotatable bonds is 1. The van der Waals surface area contributed by atoms with E-state index in [1.54, 1.807) is 13.0 Å². The number of carbonyl (C=O) groups excluding carboxylic acids is 2. The Balaban J connectivity index is 2.45. The zero-order valence-electron chi connectivity index (χ0n) is 9.11.